The van der Waals surface area contributed by atoms with Crippen LogP contribution >= 0.6 is 0 Å². The lowest BCUT2D eigenvalue weighted by molar-refractivity contribution is -0.297. The zero-order valence-electron chi connectivity index (χ0n) is 26.2. The van der Waals surface area contributed by atoms with Gasteiger partial charge in [-0.15, -0.1) is 0 Å². The fourth-order valence-electron chi connectivity index (χ4n) is 2.64. The van der Waals surface area contributed by atoms with Crippen molar-refractivity contribution in [3.05, 3.63) is 83.4 Å². The fraction of sp³-hybridized carbons (Fsp3) is 0.529. The van der Waals surface area contributed by atoms with E-state index in [9.17, 15) is 9.59 Å². The van der Waals surface area contributed by atoms with Crippen LogP contribution in [0.5, 0.6) is 0 Å². The van der Waals surface area contributed by atoms with Gasteiger partial charge in [0.2, 0.25) is 0 Å². The maximum atomic E-state index is 11.6. The second kappa shape index (κ2) is 19.2. The van der Waals surface area contributed by atoms with Crippen LogP contribution in [0.4, 0.5) is 0 Å². The van der Waals surface area contributed by atoms with E-state index >= 15 is 0 Å². The molecular weight excluding hydrogens is 504 g/mol. The first-order valence-corrected chi connectivity index (χ1v) is 14.1. The van der Waals surface area contributed by atoms with Crippen molar-refractivity contribution in [2.75, 3.05) is 6.61 Å². The maximum absolute atomic E-state index is 11.6. The number of carbonyl (C=O) groups excluding carboxylic acids is 1. The van der Waals surface area contributed by atoms with Gasteiger partial charge >= 0.3 is 11.9 Å². The summed E-state index contributed by atoms with van der Waals surface area (Å²) in [6, 6.07) is 18.2. The van der Waals surface area contributed by atoms with Crippen LogP contribution in [0, 0.1) is 10.8 Å². The monoisotopic (exact) mass is 556 g/mol. The Morgan fingerprint density at radius 3 is 1.77 bits per heavy atom. The van der Waals surface area contributed by atoms with Crippen LogP contribution in [0.25, 0.3) is 0 Å². The van der Waals surface area contributed by atoms with Gasteiger partial charge in [0.1, 0.15) is 19.8 Å². The predicted molar refractivity (Wildman–Crippen MR) is 163 cm³/mol. The second-order valence-electron chi connectivity index (χ2n) is 11.4. The number of hydrogen-bond donors (Lipinski definition) is 1. The Morgan fingerprint density at radius 2 is 1.35 bits per heavy atom. The Kier molecular flexibility index (Phi) is 17.8. The van der Waals surface area contributed by atoms with Gasteiger partial charge in [-0.25, -0.2) is 9.78 Å². The van der Waals surface area contributed by atoms with Crippen LogP contribution < -0.4 is 0 Å². The van der Waals surface area contributed by atoms with E-state index in [2.05, 4.69) is 44.7 Å². The average Bonchev–Trinajstić information content (AvgIpc) is 2.95. The lowest BCUT2D eigenvalue weighted by Crippen LogP contribution is -2.25. The van der Waals surface area contributed by atoms with Crippen molar-refractivity contribution >= 4 is 11.9 Å². The normalized spacial score (nSPS) is 11.7. The zero-order chi connectivity index (χ0) is 30.8. The van der Waals surface area contributed by atoms with Gasteiger partial charge in [0.25, 0.3) is 0 Å². The topological polar surface area (TPSA) is 82.1 Å². The highest BCUT2D eigenvalue weighted by Crippen LogP contribution is 2.22. The molecule has 1 unspecified atom stereocenters. The van der Waals surface area contributed by atoms with Crippen molar-refractivity contribution in [3.8, 4) is 0 Å². The Labute approximate surface area is 242 Å². The molecular formula is C34H52O6. The van der Waals surface area contributed by atoms with Gasteiger partial charge in [0.15, 0.2) is 0 Å². The van der Waals surface area contributed by atoms with Gasteiger partial charge in [-0.05, 0) is 76.5 Å². The summed E-state index contributed by atoms with van der Waals surface area (Å²) in [6.45, 7) is 22.5. The molecule has 0 saturated heterocycles. The number of esters is 1. The highest BCUT2D eigenvalue weighted by molar-refractivity contribution is 5.75. The molecule has 1 atom stereocenters. The number of hydrogen-bond acceptors (Lipinski definition) is 5. The van der Waals surface area contributed by atoms with E-state index in [1.807, 2.05) is 65.0 Å². The zero-order valence-corrected chi connectivity index (χ0v) is 26.2. The lowest BCUT2D eigenvalue weighted by Gasteiger charge is -2.20. The molecule has 0 aliphatic rings. The minimum absolute atomic E-state index is 0.131. The molecule has 40 heavy (non-hydrogen) atoms. The third-order valence-electron chi connectivity index (χ3n) is 6.89. The lowest BCUT2D eigenvalue weighted by atomic mass is 9.91. The van der Waals surface area contributed by atoms with Gasteiger partial charge in [0, 0.05) is 0 Å². The molecule has 0 aliphatic carbocycles. The quantitative estimate of drug-likeness (QED) is 0.0872. The first-order chi connectivity index (χ1) is 18.7. The number of benzene rings is 2. The second-order valence-corrected chi connectivity index (χ2v) is 11.4. The third kappa shape index (κ3) is 15.6. The summed E-state index contributed by atoms with van der Waals surface area (Å²) in [5, 5.41) is 8.44. The van der Waals surface area contributed by atoms with E-state index < -0.39 is 11.4 Å². The molecule has 2 rings (SSSR count). The molecule has 224 valence electrons. The van der Waals surface area contributed by atoms with Crippen molar-refractivity contribution in [1.29, 1.82) is 0 Å². The molecule has 6 nitrogen and oxygen atoms in total. The molecule has 6 heteroatoms. The molecule has 2 aromatic rings. The van der Waals surface area contributed by atoms with Crippen LogP contribution in [-0.4, -0.2) is 23.7 Å². The summed E-state index contributed by atoms with van der Waals surface area (Å²) in [4.78, 5) is 32.0. The van der Waals surface area contributed by atoms with Gasteiger partial charge < -0.3 is 9.84 Å². The van der Waals surface area contributed by atoms with Crippen molar-refractivity contribution in [1.82, 2.24) is 0 Å². The maximum Gasteiger partial charge on any atom is 0.311 e. The minimum Gasteiger partial charge on any atom is -0.481 e. The largest absolute Gasteiger partial charge is 0.481 e. The molecule has 0 aliphatic heterocycles. The highest BCUT2D eigenvalue weighted by atomic mass is 17.2. The molecule has 0 radical (unpaired) electrons. The Morgan fingerprint density at radius 1 is 0.825 bits per heavy atom. The Bertz CT molecular complexity index is 993. The first-order valence-electron chi connectivity index (χ1n) is 14.1. The fourth-order valence-corrected chi connectivity index (χ4v) is 2.64. The summed E-state index contributed by atoms with van der Waals surface area (Å²) in [5.74, 6) is -0.238. The van der Waals surface area contributed by atoms with Crippen molar-refractivity contribution in [3.63, 3.8) is 0 Å². The van der Waals surface area contributed by atoms with Crippen LogP contribution in [0.15, 0.2) is 66.7 Å². The van der Waals surface area contributed by atoms with E-state index in [1.165, 1.54) is 5.56 Å². The first kappa shape index (κ1) is 37.0. The molecule has 0 amide bonds. The summed E-state index contributed by atoms with van der Waals surface area (Å²) in [5.41, 5.74) is 3.56. The van der Waals surface area contributed by atoms with Crippen LogP contribution in [0.2, 0.25) is 0 Å². The number of ether oxygens (including phenoxy) is 1. The summed E-state index contributed by atoms with van der Waals surface area (Å²) >= 11 is 0. The molecule has 0 saturated carbocycles. The number of carboxylic acids is 1. The van der Waals surface area contributed by atoms with E-state index in [1.54, 1.807) is 13.8 Å². The third-order valence-corrected chi connectivity index (χ3v) is 6.89. The number of aliphatic carboxylic acids is 1. The molecule has 0 heterocycles. The average molecular weight is 557 g/mol. The van der Waals surface area contributed by atoms with Crippen molar-refractivity contribution in [2.24, 2.45) is 10.8 Å². The van der Waals surface area contributed by atoms with E-state index in [4.69, 9.17) is 19.6 Å². The molecule has 2 aromatic carbocycles. The van der Waals surface area contributed by atoms with Crippen LogP contribution in [0.1, 0.15) is 104 Å². The molecule has 0 bridgehead atoms. The summed E-state index contributed by atoms with van der Waals surface area (Å²) in [7, 11) is 0. The molecule has 0 spiro atoms. The summed E-state index contributed by atoms with van der Waals surface area (Å²) < 4.78 is 5.24. The summed E-state index contributed by atoms with van der Waals surface area (Å²) in [6.07, 6.45) is 2.64. The smallest absolute Gasteiger partial charge is 0.311 e. The van der Waals surface area contributed by atoms with Crippen molar-refractivity contribution in [2.45, 2.75) is 101 Å². The van der Waals surface area contributed by atoms with Gasteiger partial charge in [-0.2, -0.15) is 0 Å². The van der Waals surface area contributed by atoms with Crippen LogP contribution in [0.3, 0.4) is 0 Å². The Hall–Kier alpha value is -2.96. The highest BCUT2D eigenvalue weighted by Gasteiger charge is 2.27. The Balaban J connectivity index is 0.000000608. The van der Waals surface area contributed by atoms with Crippen LogP contribution in [-0.2, 0) is 37.3 Å². The standard InChI is InChI=1S/C15H22O2.C13H18O2.C6H12O2/c1-5-13(4)15-8-6-14(7-9-15)11-17-16-10-12(2)3;1-4-13(2,3)12(14)15-10-11-8-6-5-7-9-11;1-4-6(2,3)5(7)8/h6-9,13H,2,5,10-11H2,1,3-4H3;5-9H,4,10H2,1-3H3;4H2,1-3H3,(H,7,8). The SMILES string of the molecule is C=C(C)COOCc1ccc(C(C)CC)cc1.CCC(C)(C)C(=O)O.CCC(C)(C)C(=O)OCc1ccccc1. The van der Waals surface area contributed by atoms with E-state index in [0.29, 0.717) is 32.2 Å². The van der Waals surface area contributed by atoms with E-state index in [0.717, 1.165) is 29.5 Å². The molecule has 0 fully saturated rings. The molecule has 1 N–H and O–H groups in total. The minimum atomic E-state index is -0.722. The van der Waals surface area contributed by atoms with E-state index in [-0.39, 0.29) is 11.4 Å². The number of carbonyl (C=O) groups is 2. The predicted octanol–water partition coefficient (Wildman–Crippen LogP) is 8.90. The van der Waals surface area contributed by atoms with Gasteiger partial charge in [-0.3, -0.25) is 9.59 Å². The number of rotatable bonds is 13. The number of carboxylic acid groups (broad SMARTS) is 1. The van der Waals surface area contributed by atoms with Gasteiger partial charge in [0.05, 0.1) is 10.8 Å². The molecule has 0 aromatic heterocycles. The van der Waals surface area contributed by atoms with Crippen molar-refractivity contribution < 1.29 is 29.2 Å². The van der Waals surface area contributed by atoms with Gasteiger partial charge in [-0.1, -0.05) is 94.4 Å².